The summed E-state index contributed by atoms with van der Waals surface area (Å²) in [5.74, 6) is 2.53. The Hall–Kier alpha value is -3.44. The number of carbonyl (C=O) groups is 1. The van der Waals surface area contributed by atoms with Crippen molar-refractivity contribution in [1.82, 2.24) is 0 Å². The molecule has 0 radical (unpaired) electrons. The zero-order valence-corrected chi connectivity index (χ0v) is 21.0. The summed E-state index contributed by atoms with van der Waals surface area (Å²) in [4.78, 5) is 13.5. The molecule has 4 rings (SSSR count). The fourth-order valence-corrected chi connectivity index (χ4v) is 6.51. The largest absolute Gasteiger partial charge is 0.482 e. The number of hydrogen-bond donors (Lipinski definition) is 0. The molecule has 0 aliphatic heterocycles. The van der Waals surface area contributed by atoms with Crippen LogP contribution < -0.4 is 4.74 Å². The van der Waals surface area contributed by atoms with Crippen molar-refractivity contribution in [1.29, 1.82) is 0 Å². The normalized spacial score (nSPS) is 14.5. The van der Waals surface area contributed by atoms with Gasteiger partial charge in [0.25, 0.3) is 0 Å². The van der Waals surface area contributed by atoms with Gasteiger partial charge in [-0.1, -0.05) is 12.3 Å². The molecule has 1 fully saturated rings. The molecule has 3 aromatic carbocycles. The molecule has 0 heterocycles. The van der Waals surface area contributed by atoms with E-state index in [9.17, 15) is 22.4 Å². The lowest BCUT2D eigenvalue weighted by molar-refractivity contribution is -0.159. The van der Waals surface area contributed by atoms with E-state index in [0.29, 0.717) is 23.5 Å². The third kappa shape index (κ3) is 6.86. The van der Waals surface area contributed by atoms with E-state index in [1.165, 1.54) is 0 Å². The second-order valence-corrected chi connectivity index (χ2v) is 10.7. The molecule has 0 atom stereocenters. The average Bonchev–Trinajstić information content (AvgIpc) is 2.83. The standard InChI is InChI=1S/C29H25F4O3S/c1-2-10-29(11-4-3-5-12-29)36-28(34)19-35-24-6-8-25(9-7-24)37(26-15-20(30)13-21(31)16-26)27-17-22(32)14-23(33)18-27/h6-9,13-18H,3-5,11-12,19H2,1H3/q+1. The fourth-order valence-electron chi connectivity index (χ4n) is 4.37. The molecular formula is C29H25F4O3S+. The number of benzene rings is 3. The predicted molar refractivity (Wildman–Crippen MR) is 132 cm³/mol. The Bertz CT molecular complexity index is 1230. The number of halogens is 4. The van der Waals surface area contributed by atoms with Gasteiger partial charge in [-0.05, 0) is 56.9 Å². The van der Waals surface area contributed by atoms with Gasteiger partial charge in [-0.3, -0.25) is 0 Å². The number of carbonyl (C=O) groups excluding carboxylic acids is 1. The molecule has 0 unspecified atom stereocenters. The average molecular weight is 530 g/mol. The lowest BCUT2D eigenvalue weighted by Crippen LogP contribution is -2.37. The highest BCUT2D eigenvalue weighted by Crippen LogP contribution is 2.34. The molecule has 3 nitrogen and oxygen atoms in total. The lowest BCUT2D eigenvalue weighted by atomic mass is 9.85. The summed E-state index contributed by atoms with van der Waals surface area (Å²) in [6, 6.07) is 12.4. The molecule has 1 saturated carbocycles. The second kappa shape index (κ2) is 11.7. The molecule has 0 aromatic heterocycles. The summed E-state index contributed by atoms with van der Waals surface area (Å²) >= 11 is 0. The Kier molecular flexibility index (Phi) is 8.45. The number of ether oxygens (including phenoxy) is 2. The van der Waals surface area contributed by atoms with Crippen LogP contribution in [0.5, 0.6) is 5.75 Å². The maximum absolute atomic E-state index is 14.0. The highest BCUT2D eigenvalue weighted by Gasteiger charge is 2.34. The van der Waals surface area contributed by atoms with Gasteiger partial charge in [0.2, 0.25) is 0 Å². The van der Waals surface area contributed by atoms with Crippen LogP contribution in [0.4, 0.5) is 17.6 Å². The molecule has 192 valence electrons. The van der Waals surface area contributed by atoms with Crippen LogP contribution in [0, 0.1) is 35.1 Å². The minimum atomic E-state index is -1.21. The first kappa shape index (κ1) is 26.6. The molecule has 0 spiro atoms. The molecule has 1 aliphatic rings. The Labute approximate surface area is 216 Å². The summed E-state index contributed by atoms with van der Waals surface area (Å²) in [6.07, 6.45) is 4.35. The van der Waals surface area contributed by atoms with Gasteiger partial charge >= 0.3 is 5.97 Å². The maximum Gasteiger partial charge on any atom is 0.345 e. The van der Waals surface area contributed by atoms with Gasteiger partial charge in [0.05, 0.1) is 10.9 Å². The van der Waals surface area contributed by atoms with Crippen LogP contribution in [0.3, 0.4) is 0 Å². The first-order valence-electron chi connectivity index (χ1n) is 11.8. The van der Waals surface area contributed by atoms with Gasteiger partial charge in [-0.15, -0.1) is 5.92 Å². The van der Waals surface area contributed by atoms with Crippen molar-refractivity contribution >= 4 is 16.9 Å². The fraction of sp³-hybridized carbons (Fsp3) is 0.276. The van der Waals surface area contributed by atoms with Crippen molar-refractivity contribution in [3.8, 4) is 17.6 Å². The monoisotopic (exact) mass is 529 g/mol. The van der Waals surface area contributed by atoms with E-state index < -0.39 is 45.7 Å². The number of rotatable bonds is 7. The molecule has 3 aromatic rings. The summed E-state index contributed by atoms with van der Waals surface area (Å²) < 4.78 is 67.3. The Morgan fingerprint density at radius 2 is 1.32 bits per heavy atom. The molecule has 0 bridgehead atoms. The third-order valence-corrected chi connectivity index (χ3v) is 8.04. The third-order valence-electron chi connectivity index (χ3n) is 5.88. The first-order chi connectivity index (χ1) is 17.8. The minimum Gasteiger partial charge on any atom is -0.482 e. The van der Waals surface area contributed by atoms with Gasteiger partial charge in [-0.25, -0.2) is 22.4 Å². The van der Waals surface area contributed by atoms with Crippen molar-refractivity contribution in [2.75, 3.05) is 6.61 Å². The van der Waals surface area contributed by atoms with Gasteiger partial charge in [-0.2, -0.15) is 0 Å². The van der Waals surface area contributed by atoms with E-state index in [4.69, 9.17) is 9.47 Å². The second-order valence-electron chi connectivity index (χ2n) is 8.68. The van der Waals surface area contributed by atoms with Crippen molar-refractivity contribution in [3.05, 3.63) is 83.9 Å². The van der Waals surface area contributed by atoms with Crippen LogP contribution in [-0.2, 0) is 20.4 Å². The van der Waals surface area contributed by atoms with Gasteiger partial charge < -0.3 is 9.47 Å². The summed E-state index contributed by atoms with van der Waals surface area (Å²) in [5, 5.41) is 0. The quantitative estimate of drug-likeness (QED) is 0.143. The van der Waals surface area contributed by atoms with Crippen LogP contribution in [0.2, 0.25) is 0 Å². The van der Waals surface area contributed by atoms with Crippen LogP contribution in [-0.4, -0.2) is 18.2 Å². The number of esters is 1. The summed E-state index contributed by atoms with van der Waals surface area (Å²) in [5.41, 5.74) is -0.772. The number of hydrogen-bond acceptors (Lipinski definition) is 3. The van der Waals surface area contributed by atoms with E-state index >= 15 is 0 Å². The molecular weight excluding hydrogens is 504 g/mol. The van der Waals surface area contributed by atoms with Gasteiger partial charge in [0.1, 0.15) is 29.0 Å². The van der Waals surface area contributed by atoms with Crippen molar-refractivity contribution < 1.29 is 31.8 Å². The SMILES string of the molecule is CC#CC1(OC(=O)COc2ccc([S+](c3cc(F)cc(F)c3)c3cc(F)cc(F)c3)cc2)CCCCC1. The zero-order valence-electron chi connectivity index (χ0n) is 20.2. The minimum absolute atomic E-state index is 0.217. The highest BCUT2D eigenvalue weighted by atomic mass is 32.2. The highest BCUT2D eigenvalue weighted by molar-refractivity contribution is 7.97. The van der Waals surface area contributed by atoms with E-state index in [2.05, 4.69) is 11.8 Å². The Balaban J connectivity index is 1.53. The molecule has 37 heavy (non-hydrogen) atoms. The molecule has 8 heteroatoms. The maximum atomic E-state index is 14.0. The lowest BCUT2D eigenvalue weighted by Gasteiger charge is -2.32. The van der Waals surface area contributed by atoms with Crippen LogP contribution in [0.1, 0.15) is 39.0 Å². The van der Waals surface area contributed by atoms with Gasteiger partial charge in [0, 0.05) is 36.4 Å². The smallest absolute Gasteiger partial charge is 0.345 e. The first-order valence-corrected chi connectivity index (χ1v) is 13.0. The van der Waals surface area contributed by atoms with Crippen molar-refractivity contribution in [3.63, 3.8) is 0 Å². The molecule has 0 N–H and O–H groups in total. The molecule has 0 saturated heterocycles. The van der Waals surface area contributed by atoms with Gasteiger partial charge in [0.15, 0.2) is 26.9 Å². The Morgan fingerprint density at radius 3 is 1.81 bits per heavy atom. The van der Waals surface area contributed by atoms with E-state index in [1.54, 1.807) is 31.2 Å². The zero-order chi connectivity index (χ0) is 26.4. The summed E-state index contributed by atoms with van der Waals surface area (Å²) in [6.45, 7) is 1.40. The van der Waals surface area contributed by atoms with E-state index in [1.807, 2.05) is 0 Å². The van der Waals surface area contributed by atoms with E-state index in [-0.39, 0.29) is 16.4 Å². The Morgan fingerprint density at radius 1 is 0.811 bits per heavy atom. The molecule has 1 aliphatic carbocycles. The van der Waals surface area contributed by atoms with Crippen molar-refractivity contribution in [2.45, 2.75) is 59.3 Å². The van der Waals surface area contributed by atoms with Crippen LogP contribution in [0.15, 0.2) is 75.4 Å². The molecule has 0 amide bonds. The van der Waals surface area contributed by atoms with Crippen LogP contribution in [0.25, 0.3) is 0 Å². The van der Waals surface area contributed by atoms with Crippen LogP contribution >= 0.6 is 0 Å². The predicted octanol–water partition coefficient (Wildman–Crippen LogP) is 6.99. The summed E-state index contributed by atoms with van der Waals surface area (Å²) in [7, 11) is -1.21. The topological polar surface area (TPSA) is 35.5 Å². The van der Waals surface area contributed by atoms with E-state index in [0.717, 1.165) is 55.7 Å². The van der Waals surface area contributed by atoms with Crippen molar-refractivity contribution in [2.24, 2.45) is 0 Å².